The zero-order valence-electron chi connectivity index (χ0n) is 19.5. The molecule has 34 heavy (non-hydrogen) atoms. The lowest BCUT2D eigenvalue weighted by Gasteiger charge is -2.56. The van der Waals surface area contributed by atoms with Crippen LogP contribution in [-0.4, -0.2) is 16.7 Å². The van der Waals surface area contributed by atoms with E-state index in [1.807, 2.05) is 81.1 Å². The molecule has 3 aromatic rings. The molecule has 2 bridgehead atoms. The number of amides is 1. The average Bonchev–Trinajstić information content (AvgIpc) is 2.76. The van der Waals surface area contributed by atoms with Crippen LogP contribution in [0.4, 0.5) is 11.4 Å². The van der Waals surface area contributed by atoms with E-state index in [9.17, 15) is 4.79 Å². The summed E-state index contributed by atoms with van der Waals surface area (Å²) in [7, 11) is 0. The van der Waals surface area contributed by atoms with E-state index in [4.69, 9.17) is 28.6 Å². The van der Waals surface area contributed by atoms with Gasteiger partial charge in [0.1, 0.15) is 11.7 Å². The Labute approximate surface area is 210 Å². The van der Waals surface area contributed by atoms with Gasteiger partial charge in [0.15, 0.2) is 10.8 Å². The van der Waals surface area contributed by atoms with Crippen LogP contribution in [0.15, 0.2) is 60.7 Å². The largest absolute Gasteiger partial charge is 0.467 e. The Hall–Kier alpha value is -3.09. The number of fused-ring (bicyclic) bond motifs is 4. The maximum absolute atomic E-state index is 13.9. The quantitative estimate of drug-likeness (QED) is 0.436. The summed E-state index contributed by atoms with van der Waals surface area (Å²) in [5.41, 5.74) is 4.62. The van der Waals surface area contributed by atoms with Gasteiger partial charge in [0.25, 0.3) is 0 Å². The van der Waals surface area contributed by atoms with Crippen molar-refractivity contribution in [2.24, 2.45) is 5.92 Å². The molecular formula is C27H26ClN3O2S. The monoisotopic (exact) mass is 491 g/mol. The summed E-state index contributed by atoms with van der Waals surface area (Å²) in [6, 6.07) is 19.1. The van der Waals surface area contributed by atoms with Gasteiger partial charge in [-0.05, 0) is 87.4 Å². The van der Waals surface area contributed by atoms with Gasteiger partial charge in [0.2, 0.25) is 5.91 Å². The van der Waals surface area contributed by atoms with E-state index < -0.39 is 17.7 Å². The fourth-order valence-electron chi connectivity index (χ4n) is 5.07. The highest BCUT2D eigenvalue weighted by Crippen LogP contribution is 2.50. The minimum absolute atomic E-state index is 0.155. The molecule has 0 saturated carbocycles. The molecule has 0 aliphatic carbocycles. The second-order valence-electron chi connectivity index (χ2n) is 9.23. The summed E-state index contributed by atoms with van der Waals surface area (Å²) in [6.45, 7) is 7.98. The Morgan fingerprint density at radius 2 is 1.85 bits per heavy atom. The molecule has 1 fully saturated rings. The maximum atomic E-state index is 13.9. The van der Waals surface area contributed by atoms with Gasteiger partial charge in [-0.15, -0.1) is 0 Å². The van der Waals surface area contributed by atoms with Crippen molar-refractivity contribution in [1.29, 1.82) is 0 Å². The molecule has 5 rings (SSSR count). The van der Waals surface area contributed by atoms with Crippen molar-refractivity contribution in [1.82, 2.24) is 5.32 Å². The molecule has 1 amide bonds. The zero-order chi connectivity index (χ0) is 24.2. The fourth-order valence-corrected chi connectivity index (χ4v) is 5.67. The van der Waals surface area contributed by atoms with Crippen molar-refractivity contribution in [3.05, 3.63) is 87.9 Å². The minimum Gasteiger partial charge on any atom is -0.467 e. The van der Waals surface area contributed by atoms with Gasteiger partial charge in [-0.2, -0.15) is 0 Å². The van der Waals surface area contributed by atoms with Gasteiger partial charge < -0.3 is 15.4 Å². The van der Waals surface area contributed by atoms with Crippen LogP contribution >= 0.6 is 23.8 Å². The molecule has 7 heteroatoms. The van der Waals surface area contributed by atoms with Crippen molar-refractivity contribution >= 4 is 46.2 Å². The van der Waals surface area contributed by atoms with Crippen molar-refractivity contribution in [2.45, 2.75) is 39.5 Å². The Morgan fingerprint density at radius 1 is 1.09 bits per heavy atom. The first-order chi connectivity index (χ1) is 16.2. The van der Waals surface area contributed by atoms with Gasteiger partial charge in [-0.3, -0.25) is 9.69 Å². The second-order valence-corrected chi connectivity index (χ2v) is 10.0. The first kappa shape index (κ1) is 22.7. The molecule has 3 atom stereocenters. The first-order valence-corrected chi connectivity index (χ1v) is 12.0. The summed E-state index contributed by atoms with van der Waals surface area (Å²) >= 11 is 12.1. The van der Waals surface area contributed by atoms with Crippen LogP contribution in [0, 0.1) is 26.7 Å². The molecule has 174 valence electrons. The van der Waals surface area contributed by atoms with Crippen LogP contribution in [-0.2, 0) is 4.79 Å². The van der Waals surface area contributed by atoms with E-state index in [2.05, 4.69) is 16.7 Å². The van der Waals surface area contributed by atoms with E-state index in [0.29, 0.717) is 15.9 Å². The van der Waals surface area contributed by atoms with E-state index in [0.717, 1.165) is 33.6 Å². The maximum Gasteiger partial charge on any atom is 0.236 e. The summed E-state index contributed by atoms with van der Waals surface area (Å²) in [5, 5.41) is 7.64. The highest BCUT2D eigenvalue weighted by atomic mass is 35.5. The third kappa shape index (κ3) is 3.71. The molecule has 2 heterocycles. The second kappa shape index (κ2) is 8.29. The summed E-state index contributed by atoms with van der Waals surface area (Å²) in [6.07, 6.45) is 0. The lowest BCUT2D eigenvalue weighted by molar-refractivity contribution is -0.130. The lowest BCUT2D eigenvalue weighted by atomic mass is 9.78. The SMILES string of the molecule is Cc1cccc(N2C(=S)N[C@@H]3c4cc(Cl)ccc4O[C@]2(C)[C@@H]3C(=O)Nc2ccc(C)cc2C)c1. The third-order valence-corrected chi connectivity index (χ3v) is 7.18. The molecule has 0 unspecified atom stereocenters. The molecule has 2 aliphatic rings. The molecule has 2 N–H and O–H groups in total. The van der Waals surface area contributed by atoms with E-state index >= 15 is 0 Å². The molecule has 5 nitrogen and oxygen atoms in total. The van der Waals surface area contributed by atoms with E-state index in [1.165, 1.54) is 0 Å². The van der Waals surface area contributed by atoms with Gasteiger partial charge in [0, 0.05) is 22.0 Å². The topological polar surface area (TPSA) is 53.6 Å². The average molecular weight is 492 g/mol. The molecular weight excluding hydrogens is 466 g/mol. The van der Waals surface area contributed by atoms with Crippen molar-refractivity contribution in [3.8, 4) is 5.75 Å². The van der Waals surface area contributed by atoms with E-state index in [-0.39, 0.29) is 5.91 Å². The molecule has 0 aromatic heterocycles. The van der Waals surface area contributed by atoms with Gasteiger partial charge in [0.05, 0.1) is 6.04 Å². The van der Waals surface area contributed by atoms with Gasteiger partial charge in [-0.25, -0.2) is 0 Å². The van der Waals surface area contributed by atoms with E-state index in [1.54, 1.807) is 6.07 Å². The van der Waals surface area contributed by atoms with Gasteiger partial charge in [-0.1, -0.05) is 41.4 Å². The highest BCUT2D eigenvalue weighted by Gasteiger charge is 2.59. The first-order valence-electron chi connectivity index (χ1n) is 11.2. The number of hydrogen-bond acceptors (Lipinski definition) is 3. The number of carbonyl (C=O) groups is 1. The summed E-state index contributed by atoms with van der Waals surface area (Å²) < 4.78 is 6.62. The predicted molar refractivity (Wildman–Crippen MR) is 141 cm³/mol. The number of hydrogen-bond donors (Lipinski definition) is 2. The summed E-state index contributed by atoms with van der Waals surface area (Å²) in [5.74, 6) is -0.0933. The Balaban J connectivity index is 1.63. The van der Waals surface area contributed by atoms with Crippen LogP contribution in [0.5, 0.6) is 5.75 Å². The van der Waals surface area contributed by atoms with Crippen molar-refractivity contribution in [3.63, 3.8) is 0 Å². The smallest absolute Gasteiger partial charge is 0.236 e. The van der Waals surface area contributed by atoms with Gasteiger partial charge >= 0.3 is 0 Å². The Morgan fingerprint density at radius 3 is 2.59 bits per heavy atom. The van der Waals surface area contributed by atoms with Crippen LogP contribution in [0.2, 0.25) is 5.02 Å². The number of nitrogens with one attached hydrogen (secondary N) is 2. The highest BCUT2D eigenvalue weighted by molar-refractivity contribution is 7.80. The number of anilines is 2. The molecule has 2 aliphatic heterocycles. The number of thiocarbonyl (C=S) groups is 1. The van der Waals surface area contributed by atoms with Crippen LogP contribution in [0.25, 0.3) is 0 Å². The van der Waals surface area contributed by atoms with Crippen LogP contribution < -0.4 is 20.3 Å². The number of carbonyl (C=O) groups excluding carboxylic acids is 1. The number of ether oxygens (including phenoxy) is 1. The predicted octanol–water partition coefficient (Wildman–Crippen LogP) is 6.06. The Kier molecular flexibility index (Phi) is 5.53. The number of rotatable bonds is 3. The summed E-state index contributed by atoms with van der Waals surface area (Å²) in [4.78, 5) is 15.8. The van der Waals surface area contributed by atoms with Crippen molar-refractivity contribution in [2.75, 3.05) is 10.2 Å². The number of halogens is 1. The molecule has 1 saturated heterocycles. The normalized spacial score (nSPS) is 23.0. The standard InChI is InChI=1S/C27H26ClN3O2S/c1-15-6-5-7-19(13-15)31-26(34)30-24-20-14-18(28)9-11-22(20)33-27(31,4)23(24)25(32)29-21-10-8-16(2)12-17(21)3/h5-14,23-24H,1-4H3,(H,29,32)(H,30,34)/t23-,24+,27+/m0/s1. The Bertz CT molecular complexity index is 1330. The molecule has 0 radical (unpaired) electrons. The molecule has 3 aromatic carbocycles. The van der Waals surface area contributed by atoms with Crippen molar-refractivity contribution < 1.29 is 9.53 Å². The van der Waals surface area contributed by atoms with Crippen LogP contribution in [0.3, 0.4) is 0 Å². The lowest BCUT2D eigenvalue weighted by Crippen LogP contribution is -2.72. The minimum atomic E-state index is -1.07. The van der Waals surface area contributed by atoms with Crippen LogP contribution in [0.1, 0.15) is 35.2 Å². The number of benzene rings is 3. The zero-order valence-corrected chi connectivity index (χ0v) is 21.1. The molecule has 0 spiro atoms. The number of aryl methyl sites for hydroxylation is 3. The fraction of sp³-hybridized carbons (Fsp3) is 0.259. The number of nitrogens with zero attached hydrogens (tertiary/aromatic N) is 1. The third-order valence-electron chi connectivity index (χ3n) is 6.64.